The van der Waals surface area contributed by atoms with Crippen LogP contribution in [0.3, 0.4) is 0 Å². The number of carbonyl (C=O) groups excluding carboxylic acids is 3. The first kappa shape index (κ1) is 36.0. The van der Waals surface area contributed by atoms with Crippen LogP contribution in [0.4, 0.5) is 4.79 Å². The van der Waals surface area contributed by atoms with Crippen LogP contribution in [0.25, 0.3) is 5.52 Å². The van der Waals surface area contributed by atoms with Gasteiger partial charge in [0.15, 0.2) is 0 Å². The molecule has 13 nitrogen and oxygen atoms in total. The molecule has 1 atom stereocenters. The van der Waals surface area contributed by atoms with Crippen LogP contribution in [0, 0.1) is 0 Å². The lowest BCUT2D eigenvalue weighted by Gasteiger charge is -2.24. The van der Waals surface area contributed by atoms with E-state index in [1.165, 1.54) is 28.8 Å². The maximum Gasteiger partial charge on any atom is 0.407 e. The lowest BCUT2D eigenvalue weighted by molar-refractivity contribution is -0.156. The number of nitrogens with zero attached hydrogens (tertiary/aromatic N) is 1. The van der Waals surface area contributed by atoms with Crippen LogP contribution in [0.1, 0.15) is 64.7 Å². The topological polar surface area (TPSA) is 171 Å². The third-order valence-corrected chi connectivity index (χ3v) is 7.54. The van der Waals surface area contributed by atoms with E-state index in [-0.39, 0.29) is 10.5 Å². The van der Waals surface area contributed by atoms with E-state index in [0.717, 1.165) is 6.07 Å². The average molecular weight is 659 g/mol. The molecule has 46 heavy (non-hydrogen) atoms. The van der Waals surface area contributed by atoms with Gasteiger partial charge in [-0.15, -0.1) is 0 Å². The van der Waals surface area contributed by atoms with Gasteiger partial charge in [0, 0.05) is 37.0 Å². The fraction of sp³-hybridized carbons (Fsp3) is 0.438. The first-order valence-electron chi connectivity index (χ1n) is 14.8. The lowest BCUT2D eigenvalue weighted by Crippen LogP contribution is -2.50. The zero-order valence-electron chi connectivity index (χ0n) is 26.9. The average Bonchev–Trinajstić information content (AvgIpc) is 2.95. The first-order chi connectivity index (χ1) is 21.4. The van der Waals surface area contributed by atoms with Gasteiger partial charge in [0.25, 0.3) is 11.5 Å². The van der Waals surface area contributed by atoms with Gasteiger partial charge in [0.1, 0.15) is 23.0 Å². The van der Waals surface area contributed by atoms with Gasteiger partial charge in [0.05, 0.1) is 17.0 Å². The number of ether oxygens (including phenoxy) is 3. The molecular formula is C32H42N4O9S. The number of esters is 1. The van der Waals surface area contributed by atoms with Crippen LogP contribution in [-0.4, -0.2) is 67.7 Å². The van der Waals surface area contributed by atoms with Crippen molar-refractivity contribution in [3.05, 3.63) is 76.7 Å². The second-order valence-corrected chi connectivity index (χ2v) is 14.2. The molecule has 1 aromatic carbocycles. The van der Waals surface area contributed by atoms with Crippen LogP contribution in [-0.2, 0) is 24.3 Å². The van der Waals surface area contributed by atoms with Gasteiger partial charge in [-0.1, -0.05) is 18.2 Å². The summed E-state index contributed by atoms with van der Waals surface area (Å²) in [6.45, 7) is 10.6. The predicted octanol–water partition coefficient (Wildman–Crippen LogP) is 3.40. The maximum atomic E-state index is 13.1. The zero-order valence-corrected chi connectivity index (χ0v) is 27.7. The number of nitrogens with one attached hydrogen (secondary N) is 3. The molecule has 0 aliphatic heterocycles. The molecule has 0 aliphatic rings. The molecular weight excluding hydrogens is 616 g/mol. The quantitative estimate of drug-likeness (QED) is 0.184. The van der Waals surface area contributed by atoms with Gasteiger partial charge < -0.3 is 24.8 Å². The van der Waals surface area contributed by atoms with Gasteiger partial charge in [-0.2, -0.15) is 4.72 Å². The summed E-state index contributed by atoms with van der Waals surface area (Å²) in [5, 5.41) is 5.22. The van der Waals surface area contributed by atoms with Crippen molar-refractivity contribution in [1.29, 1.82) is 0 Å². The Morgan fingerprint density at radius 2 is 1.54 bits per heavy atom. The second kappa shape index (κ2) is 15.2. The summed E-state index contributed by atoms with van der Waals surface area (Å²) < 4.78 is 45.9. The Balaban J connectivity index is 1.65. The number of pyridine rings is 2. The Bertz CT molecular complexity index is 1690. The number of benzene rings is 1. The van der Waals surface area contributed by atoms with E-state index in [9.17, 15) is 27.6 Å². The van der Waals surface area contributed by atoms with E-state index < -0.39 is 57.3 Å². The molecule has 3 rings (SSSR count). The normalized spacial score (nSPS) is 12.7. The molecule has 0 aliphatic carbocycles. The van der Waals surface area contributed by atoms with E-state index in [0.29, 0.717) is 37.3 Å². The predicted molar refractivity (Wildman–Crippen MR) is 171 cm³/mol. The number of carbonyl (C=O) groups is 3. The highest BCUT2D eigenvalue weighted by atomic mass is 32.2. The van der Waals surface area contributed by atoms with Crippen LogP contribution in [0.5, 0.6) is 5.75 Å². The number of aromatic nitrogens is 1. The molecule has 0 bridgehead atoms. The number of fused-ring (bicyclic) bond motifs is 1. The molecule has 3 aromatic rings. The fourth-order valence-electron chi connectivity index (χ4n) is 4.05. The number of alkyl carbamates (subject to hydrolysis) is 1. The van der Waals surface area contributed by atoms with Gasteiger partial charge in [-0.05, 0) is 78.6 Å². The summed E-state index contributed by atoms with van der Waals surface area (Å²) in [7, 11) is -4.13. The van der Waals surface area contributed by atoms with Crippen molar-refractivity contribution in [2.24, 2.45) is 0 Å². The standard InChI is InChI=1S/C32H42N4O9S/c1-31(2,3)44-29(39)26(35-46(41,42)25-12-8-7-9-13-25)21-34-28(38)22-18-23-20-24(14-16-36(23)27(37)19-22)43-17-11-10-15-33-30(40)45-32(4,5)6/h7-9,12-14,16,18-20,26,35H,10-11,15,17,21H2,1-6H3,(H,33,40)(H,34,38). The minimum Gasteiger partial charge on any atom is -0.493 e. The molecule has 14 heteroatoms. The molecule has 2 heterocycles. The van der Waals surface area contributed by atoms with Gasteiger partial charge in [-0.25, -0.2) is 13.2 Å². The molecule has 2 aromatic heterocycles. The number of amides is 2. The van der Waals surface area contributed by atoms with E-state index in [1.54, 1.807) is 71.9 Å². The smallest absolute Gasteiger partial charge is 0.407 e. The van der Waals surface area contributed by atoms with E-state index in [2.05, 4.69) is 15.4 Å². The maximum absolute atomic E-state index is 13.1. The van der Waals surface area contributed by atoms with E-state index in [4.69, 9.17) is 14.2 Å². The van der Waals surface area contributed by atoms with Crippen LogP contribution >= 0.6 is 0 Å². The Hall–Kier alpha value is -4.43. The molecule has 0 saturated carbocycles. The van der Waals surface area contributed by atoms with E-state index >= 15 is 0 Å². The SMILES string of the molecule is CC(C)(C)OC(=O)NCCCCOc1ccn2c(=O)cc(C(=O)NCC(NS(=O)(=O)c3ccccc3)C(=O)OC(C)(C)C)cc2c1. The number of sulfonamides is 1. The molecule has 3 N–H and O–H groups in total. The van der Waals surface area contributed by atoms with Crippen molar-refractivity contribution >= 4 is 33.5 Å². The third-order valence-electron chi connectivity index (χ3n) is 6.06. The summed E-state index contributed by atoms with van der Waals surface area (Å²) in [5.41, 5.74) is -1.58. The number of hydrogen-bond acceptors (Lipinski definition) is 9. The fourth-order valence-corrected chi connectivity index (χ4v) is 5.26. The molecule has 0 fully saturated rings. The number of unbranched alkanes of at least 4 members (excludes halogenated alkanes) is 1. The number of rotatable bonds is 13. The van der Waals surface area contributed by atoms with E-state index in [1.807, 2.05) is 0 Å². The zero-order chi connectivity index (χ0) is 34.1. The molecule has 2 amide bonds. The Morgan fingerprint density at radius 3 is 2.20 bits per heavy atom. The van der Waals surface area contributed by atoms with Gasteiger partial charge in [-0.3, -0.25) is 18.8 Å². The molecule has 250 valence electrons. The van der Waals surface area contributed by atoms with Crippen molar-refractivity contribution in [3.63, 3.8) is 0 Å². The van der Waals surface area contributed by atoms with Crippen LogP contribution in [0.2, 0.25) is 0 Å². The first-order valence-corrected chi connectivity index (χ1v) is 16.3. The summed E-state index contributed by atoms with van der Waals surface area (Å²) in [4.78, 5) is 50.5. The lowest BCUT2D eigenvalue weighted by atomic mass is 10.2. The summed E-state index contributed by atoms with van der Waals surface area (Å²) in [5.74, 6) is -1.11. The third kappa shape index (κ3) is 11.5. The second-order valence-electron chi connectivity index (χ2n) is 12.5. The van der Waals surface area contributed by atoms with Gasteiger partial charge in [0.2, 0.25) is 10.0 Å². The highest BCUT2D eigenvalue weighted by Crippen LogP contribution is 2.16. The van der Waals surface area contributed by atoms with Crippen LogP contribution in [0.15, 0.2) is 70.5 Å². The highest BCUT2D eigenvalue weighted by Gasteiger charge is 2.30. The molecule has 0 radical (unpaired) electrons. The molecule has 0 saturated heterocycles. The summed E-state index contributed by atoms with van der Waals surface area (Å²) >= 11 is 0. The van der Waals surface area contributed by atoms with Crippen molar-refractivity contribution in [2.45, 2.75) is 76.5 Å². The monoisotopic (exact) mass is 658 g/mol. The highest BCUT2D eigenvalue weighted by molar-refractivity contribution is 7.89. The molecule has 1 unspecified atom stereocenters. The Morgan fingerprint density at radius 1 is 0.870 bits per heavy atom. The number of hydrogen-bond donors (Lipinski definition) is 3. The Labute approximate surface area is 268 Å². The summed E-state index contributed by atoms with van der Waals surface area (Å²) in [6.07, 6.45) is 2.34. The van der Waals surface area contributed by atoms with Crippen molar-refractivity contribution in [1.82, 2.24) is 19.8 Å². The van der Waals surface area contributed by atoms with Crippen molar-refractivity contribution in [2.75, 3.05) is 19.7 Å². The van der Waals surface area contributed by atoms with Crippen molar-refractivity contribution in [3.8, 4) is 5.75 Å². The largest absolute Gasteiger partial charge is 0.493 e. The minimum atomic E-state index is -4.13. The van der Waals surface area contributed by atoms with Crippen LogP contribution < -0.4 is 25.7 Å². The molecule has 0 spiro atoms. The van der Waals surface area contributed by atoms with Gasteiger partial charge >= 0.3 is 12.1 Å². The minimum absolute atomic E-state index is 0.00391. The summed E-state index contributed by atoms with van der Waals surface area (Å²) in [6, 6.07) is 11.9. The van der Waals surface area contributed by atoms with Crippen molar-refractivity contribution < 1.29 is 37.0 Å². The Kier molecular flexibility index (Phi) is 11.9.